The number of alkyl halides is 3. The van der Waals surface area contributed by atoms with Crippen LogP contribution in [0.15, 0.2) is 53.3 Å². The quantitative estimate of drug-likeness (QED) is 0.420. The highest BCUT2D eigenvalue weighted by Gasteiger charge is 2.34. The van der Waals surface area contributed by atoms with Crippen molar-refractivity contribution in [3.8, 4) is 11.1 Å². The third-order valence-corrected chi connectivity index (χ3v) is 6.24. The fourth-order valence-electron chi connectivity index (χ4n) is 4.07. The van der Waals surface area contributed by atoms with Gasteiger partial charge in [0.1, 0.15) is 11.7 Å². The first-order valence-corrected chi connectivity index (χ1v) is 11.8. The van der Waals surface area contributed by atoms with Crippen LogP contribution >= 0.6 is 11.6 Å². The molecule has 1 amide bonds. The number of nitrogens with zero attached hydrogens (tertiary/aromatic N) is 1. The van der Waals surface area contributed by atoms with E-state index in [2.05, 4.69) is 5.32 Å². The molecule has 1 atom stereocenters. The van der Waals surface area contributed by atoms with Crippen LogP contribution in [0.5, 0.6) is 0 Å². The number of pyridine rings is 1. The van der Waals surface area contributed by atoms with Crippen molar-refractivity contribution in [1.29, 1.82) is 0 Å². The lowest BCUT2D eigenvalue weighted by atomic mass is 9.98. The van der Waals surface area contributed by atoms with Gasteiger partial charge < -0.3 is 14.6 Å². The van der Waals surface area contributed by atoms with E-state index in [0.717, 1.165) is 13.1 Å². The van der Waals surface area contributed by atoms with Crippen LogP contribution in [-0.2, 0) is 29.2 Å². The van der Waals surface area contributed by atoms with Gasteiger partial charge in [0.15, 0.2) is 0 Å². The molecule has 0 aliphatic carbocycles. The number of carbonyl (C=O) groups is 2. The second-order valence-electron chi connectivity index (χ2n) is 8.56. The average molecular weight is 535 g/mol. The van der Waals surface area contributed by atoms with E-state index in [1.807, 2.05) is 0 Å². The van der Waals surface area contributed by atoms with E-state index in [4.69, 9.17) is 16.3 Å². The highest BCUT2D eigenvalue weighted by molar-refractivity contribution is 6.34. The molecule has 1 heterocycles. The predicted molar refractivity (Wildman–Crippen MR) is 135 cm³/mol. The Morgan fingerprint density at radius 3 is 2.30 bits per heavy atom. The molecular weight excluding hydrogens is 509 g/mol. The molecule has 0 aliphatic heterocycles. The lowest BCUT2D eigenvalue weighted by molar-refractivity contribution is -0.145. The molecule has 0 radical (unpaired) electrons. The SMILES string of the molecule is CCOC(=O)C(Cc1ccc(-c2c(C)cc(C(F)(F)F)n(C)c2=O)cc1)NC(=O)c1c(C)cccc1Cl. The summed E-state index contributed by atoms with van der Waals surface area (Å²) in [5.74, 6) is -1.15. The van der Waals surface area contributed by atoms with E-state index in [9.17, 15) is 27.6 Å². The summed E-state index contributed by atoms with van der Waals surface area (Å²) in [7, 11) is 1.08. The van der Waals surface area contributed by atoms with Crippen molar-refractivity contribution in [2.45, 2.75) is 39.4 Å². The first-order valence-electron chi connectivity index (χ1n) is 11.4. The third kappa shape index (κ3) is 6.22. The molecule has 10 heteroatoms. The zero-order valence-electron chi connectivity index (χ0n) is 20.7. The van der Waals surface area contributed by atoms with E-state index in [1.54, 1.807) is 56.3 Å². The number of hydrogen-bond acceptors (Lipinski definition) is 4. The molecule has 3 rings (SSSR count). The first kappa shape index (κ1) is 28.0. The molecule has 0 aliphatic rings. The van der Waals surface area contributed by atoms with Gasteiger partial charge in [-0.15, -0.1) is 0 Å². The number of amides is 1. The van der Waals surface area contributed by atoms with Gasteiger partial charge in [0.05, 0.1) is 22.8 Å². The zero-order chi connectivity index (χ0) is 27.5. The van der Waals surface area contributed by atoms with E-state index in [1.165, 1.54) is 6.92 Å². The second-order valence-corrected chi connectivity index (χ2v) is 8.97. The Morgan fingerprint density at radius 1 is 1.08 bits per heavy atom. The summed E-state index contributed by atoms with van der Waals surface area (Å²) in [6.45, 7) is 4.94. The summed E-state index contributed by atoms with van der Waals surface area (Å²) < 4.78 is 45.4. The Labute approximate surface area is 217 Å². The molecule has 0 saturated carbocycles. The second kappa shape index (κ2) is 11.2. The van der Waals surface area contributed by atoms with Crippen LogP contribution in [0.4, 0.5) is 13.2 Å². The summed E-state index contributed by atoms with van der Waals surface area (Å²) in [6, 6.07) is 11.4. The summed E-state index contributed by atoms with van der Waals surface area (Å²) in [5.41, 5.74) is 0.497. The Hall–Kier alpha value is -3.59. The average Bonchev–Trinajstić information content (AvgIpc) is 2.81. The largest absolute Gasteiger partial charge is 0.464 e. The maximum Gasteiger partial charge on any atom is 0.431 e. The Kier molecular flexibility index (Phi) is 8.48. The lowest BCUT2D eigenvalue weighted by Crippen LogP contribution is -2.43. The molecule has 0 spiro atoms. The number of aromatic nitrogens is 1. The maximum absolute atomic E-state index is 13.2. The smallest absolute Gasteiger partial charge is 0.431 e. The van der Waals surface area contributed by atoms with Crippen LogP contribution in [0, 0.1) is 13.8 Å². The number of carbonyl (C=O) groups excluding carboxylic acids is 2. The first-order chi connectivity index (χ1) is 17.3. The van der Waals surface area contributed by atoms with Gasteiger partial charge in [-0.05, 0) is 55.2 Å². The van der Waals surface area contributed by atoms with E-state index >= 15 is 0 Å². The minimum atomic E-state index is -4.66. The van der Waals surface area contributed by atoms with Crippen molar-refractivity contribution < 1.29 is 27.5 Å². The molecule has 196 valence electrons. The topological polar surface area (TPSA) is 77.4 Å². The molecule has 1 N–H and O–H groups in total. The molecule has 1 aromatic heterocycles. The van der Waals surface area contributed by atoms with Crippen molar-refractivity contribution in [2.24, 2.45) is 7.05 Å². The molecule has 0 saturated heterocycles. The number of aryl methyl sites for hydroxylation is 2. The Morgan fingerprint density at radius 2 is 1.73 bits per heavy atom. The van der Waals surface area contributed by atoms with Crippen molar-refractivity contribution in [3.05, 3.63) is 91.9 Å². The van der Waals surface area contributed by atoms with Gasteiger partial charge in [-0.3, -0.25) is 9.59 Å². The third-order valence-electron chi connectivity index (χ3n) is 5.93. The molecule has 37 heavy (non-hydrogen) atoms. The van der Waals surface area contributed by atoms with Crippen LogP contribution < -0.4 is 10.9 Å². The molecule has 0 bridgehead atoms. The van der Waals surface area contributed by atoms with Gasteiger partial charge in [-0.2, -0.15) is 13.2 Å². The Balaban J connectivity index is 1.89. The van der Waals surface area contributed by atoms with Crippen molar-refractivity contribution in [3.63, 3.8) is 0 Å². The number of nitrogens with one attached hydrogen (secondary N) is 1. The summed E-state index contributed by atoms with van der Waals surface area (Å²) >= 11 is 6.19. The number of rotatable bonds is 7. The number of esters is 1. The van der Waals surface area contributed by atoms with Gasteiger partial charge in [0.2, 0.25) is 0 Å². The summed E-state index contributed by atoms with van der Waals surface area (Å²) in [5, 5.41) is 2.93. The maximum atomic E-state index is 13.2. The van der Waals surface area contributed by atoms with Gasteiger partial charge in [0, 0.05) is 13.5 Å². The van der Waals surface area contributed by atoms with Gasteiger partial charge in [-0.1, -0.05) is 48.0 Å². The predicted octanol–water partition coefficient (Wildman–Crippen LogP) is 5.25. The molecule has 3 aromatic rings. The Bertz CT molecular complexity index is 1360. The monoisotopic (exact) mass is 534 g/mol. The van der Waals surface area contributed by atoms with Crippen molar-refractivity contribution in [2.75, 3.05) is 6.61 Å². The minimum Gasteiger partial charge on any atom is -0.464 e. The van der Waals surface area contributed by atoms with E-state index in [-0.39, 0.29) is 34.7 Å². The van der Waals surface area contributed by atoms with Crippen LogP contribution in [0.25, 0.3) is 11.1 Å². The number of ether oxygens (including phenoxy) is 1. The van der Waals surface area contributed by atoms with Crippen LogP contribution in [-0.4, -0.2) is 29.1 Å². The normalized spacial score (nSPS) is 12.2. The number of halogens is 4. The van der Waals surface area contributed by atoms with Gasteiger partial charge in [0.25, 0.3) is 11.5 Å². The summed E-state index contributed by atoms with van der Waals surface area (Å²) in [6.07, 6.45) is -4.57. The zero-order valence-corrected chi connectivity index (χ0v) is 21.5. The van der Waals surface area contributed by atoms with Crippen LogP contribution in [0.3, 0.4) is 0 Å². The van der Waals surface area contributed by atoms with Gasteiger partial charge in [-0.25, -0.2) is 4.79 Å². The number of hydrogen-bond donors (Lipinski definition) is 1. The molecule has 6 nitrogen and oxygen atoms in total. The van der Waals surface area contributed by atoms with E-state index < -0.39 is 35.3 Å². The lowest BCUT2D eigenvalue weighted by Gasteiger charge is -2.19. The molecule has 1 unspecified atom stereocenters. The summed E-state index contributed by atoms with van der Waals surface area (Å²) in [4.78, 5) is 38.3. The molecule has 2 aromatic carbocycles. The van der Waals surface area contributed by atoms with Crippen molar-refractivity contribution >= 4 is 23.5 Å². The van der Waals surface area contributed by atoms with Crippen LogP contribution in [0.1, 0.15) is 39.7 Å². The fourth-order valence-corrected chi connectivity index (χ4v) is 4.38. The van der Waals surface area contributed by atoms with Crippen molar-refractivity contribution in [1.82, 2.24) is 9.88 Å². The van der Waals surface area contributed by atoms with Gasteiger partial charge >= 0.3 is 12.1 Å². The van der Waals surface area contributed by atoms with E-state index in [0.29, 0.717) is 21.3 Å². The molecule has 0 fully saturated rings. The minimum absolute atomic E-state index is 0.0817. The highest BCUT2D eigenvalue weighted by Crippen LogP contribution is 2.31. The molecular formula is C27H26ClF3N2O4. The fraction of sp³-hybridized carbons (Fsp3) is 0.296. The highest BCUT2D eigenvalue weighted by atomic mass is 35.5. The standard InChI is InChI=1S/C27H26ClF3N2O4/c1-5-37-26(36)20(32-24(34)23-15(2)7-6-8-19(23)28)14-17-9-11-18(12-10-17)22-16(3)13-21(27(29,30)31)33(4)25(22)35/h6-13,20H,5,14H2,1-4H3,(H,32,34). The number of benzene rings is 2. The van der Waals surface area contributed by atoms with Crippen LogP contribution in [0.2, 0.25) is 5.02 Å².